The summed E-state index contributed by atoms with van der Waals surface area (Å²) in [5.41, 5.74) is 2.51. The van der Waals surface area contributed by atoms with Crippen molar-refractivity contribution in [3.8, 4) is 0 Å². The number of hydrogen-bond acceptors (Lipinski definition) is 3. The van der Waals surface area contributed by atoms with E-state index < -0.39 is 10.0 Å². The standard InChI is InChI=1S/C18H21ClN2O3S/c1-13-4-6-16(7-5-13)21(15(3)22)11-10-20-25(23,24)17-8-9-18(19)14(2)12-17/h4-9,12,20H,10-11H2,1-3H3. The first kappa shape index (κ1) is 19.4. The van der Waals surface area contributed by atoms with Crippen LogP contribution in [0.3, 0.4) is 0 Å². The largest absolute Gasteiger partial charge is 0.311 e. The van der Waals surface area contributed by atoms with Gasteiger partial charge in [0.05, 0.1) is 4.90 Å². The van der Waals surface area contributed by atoms with Crippen LogP contribution in [0, 0.1) is 13.8 Å². The lowest BCUT2D eigenvalue weighted by Crippen LogP contribution is -2.37. The second-order valence-corrected chi connectivity index (χ2v) is 7.99. The average molecular weight is 381 g/mol. The van der Waals surface area contributed by atoms with E-state index in [0.29, 0.717) is 10.6 Å². The van der Waals surface area contributed by atoms with E-state index in [1.54, 1.807) is 13.0 Å². The number of amides is 1. The van der Waals surface area contributed by atoms with Crippen LogP contribution >= 0.6 is 11.6 Å². The number of benzene rings is 2. The van der Waals surface area contributed by atoms with E-state index in [0.717, 1.165) is 11.3 Å². The predicted molar refractivity (Wildman–Crippen MR) is 101 cm³/mol. The molecule has 2 aromatic rings. The summed E-state index contributed by atoms with van der Waals surface area (Å²) in [4.78, 5) is 13.6. The molecule has 0 spiro atoms. The van der Waals surface area contributed by atoms with Gasteiger partial charge in [0, 0.05) is 30.7 Å². The highest BCUT2D eigenvalue weighted by Gasteiger charge is 2.17. The molecular formula is C18H21ClN2O3S. The Morgan fingerprint density at radius 3 is 2.32 bits per heavy atom. The fourth-order valence-corrected chi connectivity index (χ4v) is 3.58. The molecule has 0 aliphatic heterocycles. The monoisotopic (exact) mass is 380 g/mol. The zero-order chi connectivity index (χ0) is 18.6. The van der Waals surface area contributed by atoms with E-state index in [9.17, 15) is 13.2 Å². The van der Waals surface area contributed by atoms with Crippen LogP contribution in [-0.4, -0.2) is 27.4 Å². The third-order valence-corrected chi connectivity index (χ3v) is 5.68. The number of carbonyl (C=O) groups is 1. The van der Waals surface area contributed by atoms with Crippen molar-refractivity contribution < 1.29 is 13.2 Å². The van der Waals surface area contributed by atoms with Gasteiger partial charge in [-0.1, -0.05) is 29.3 Å². The number of carbonyl (C=O) groups excluding carboxylic acids is 1. The number of halogens is 1. The molecule has 25 heavy (non-hydrogen) atoms. The second-order valence-electron chi connectivity index (χ2n) is 5.81. The lowest BCUT2D eigenvalue weighted by atomic mass is 10.2. The molecule has 0 aromatic heterocycles. The summed E-state index contributed by atoms with van der Waals surface area (Å²) >= 11 is 5.93. The van der Waals surface area contributed by atoms with Crippen molar-refractivity contribution >= 4 is 33.2 Å². The lowest BCUT2D eigenvalue weighted by Gasteiger charge is -2.21. The Balaban J connectivity index is 2.07. The summed E-state index contributed by atoms with van der Waals surface area (Å²) in [6.45, 7) is 5.51. The van der Waals surface area contributed by atoms with Crippen molar-refractivity contribution in [2.45, 2.75) is 25.7 Å². The summed E-state index contributed by atoms with van der Waals surface area (Å²) in [6.07, 6.45) is 0. The van der Waals surface area contributed by atoms with Crippen molar-refractivity contribution in [1.82, 2.24) is 4.72 Å². The summed E-state index contributed by atoms with van der Waals surface area (Å²) < 4.78 is 27.3. The third-order valence-electron chi connectivity index (χ3n) is 3.79. The summed E-state index contributed by atoms with van der Waals surface area (Å²) in [5, 5.41) is 0.515. The molecule has 7 heteroatoms. The molecule has 0 aliphatic carbocycles. The van der Waals surface area contributed by atoms with Crippen molar-refractivity contribution in [1.29, 1.82) is 0 Å². The van der Waals surface area contributed by atoms with Gasteiger partial charge in [0.1, 0.15) is 0 Å². The molecule has 5 nitrogen and oxygen atoms in total. The SMILES string of the molecule is CC(=O)N(CCNS(=O)(=O)c1ccc(Cl)c(C)c1)c1ccc(C)cc1. The highest BCUT2D eigenvalue weighted by atomic mass is 35.5. The van der Waals surface area contributed by atoms with E-state index in [-0.39, 0.29) is 23.9 Å². The fourth-order valence-electron chi connectivity index (χ4n) is 2.35. The molecular weight excluding hydrogens is 360 g/mol. The maximum Gasteiger partial charge on any atom is 0.240 e. The molecule has 0 atom stereocenters. The molecule has 0 heterocycles. The van der Waals surface area contributed by atoms with Crippen LogP contribution in [0.4, 0.5) is 5.69 Å². The molecule has 1 amide bonds. The van der Waals surface area contributed by atoms with Gasteiger partial charge in [0.25, 0.3) is 0 Å². The first-order chi connectivity index (χ1) is 11.7. The molecule has 0 unspecified atom stereocenters. The van der Waals surface area contributed by atoms with Gasteiger partial charge in [0.15, 0.2) is 0 Å². The minimum Gasteiger partial charge on any atom is -0.311 e. The highest BCUT2D eigenvalue weighted by molar-refractivity contribution is 7.89. The Bertz CT molecular complexity index is 864. The summed E-state index contributed by atoms with van der Waals surface area (Å²) in [5.74, 6) is -0.148. The summed E-state index contributed by atoms with van der Waals surface area (Å²) in [6, 6.07) is 12.0. The molecule has 0 aliphatic rings. The Morgan fingerprint density at radius 1 is 1.12 bits per heavy atom. The minimum atomic E-state index is -3.66. The van der Waals surface area contributed by atoms with Gasteiger partial charge in [0.2, 0.25) is 15.9 Å². The average Bonchev–Trinajstić information content (AvgIpc) is 2.55. The molecule has 0 radical (unpaired) electrons. The summed E-state index contributed by atoms with van der Waals surface area (Å²) in [7, 11) is -3.66. The maximum atomic E-state index is 12.4. The van der Waals surface area contributed by atoms with Gasteiger partial charge in [-0.25, -0.2) is 13.1 Å². The topological polar surface area (TPSA) is 66.5 Å². The van der Waals surface area contributed by atoms with E-state index in [2.05, 4.69) is 4.72 Å². The Morgan fingerprint density at radius 2 is 1.76 bits per heavy atom. The van der Waals surface area contributed by atoms with Crippen LogP contribution < -0.4 is 9.62 Å². The van der Waals surface area contributed by atoms with Crippen LogP contribution in [0.1, 0.15) is 18.1 Å². The quantitative estimate of drug-likeness (QED) is 0.836. The van der Waals surface area contributed by atoms with E-state index in [1.807, 2.05) is 31.2 Å². The van der Waals surface area contributed by atoms with Crippen LogP contribution in [-0.2, 0) is 14.8 Å². The van der Waals surface area contributed by atoms with Crippen molar-refractivity contribution in [2.24, 2.45) is 0 Å². The normalized spacial score (nSPS) is 11.4. The maximum absolute atomic E-state index is 12.4. The molecule has 0 saturated carbocycles. The van der Waals surface area contributed by atoms with Gasteiger partial charge in [-0.15, -0.1) is 0 Å². The molecule has 1 N–H and O–H groups in total. The third kappa shape index (κ3) is 5.04. The number of anilines is 1. The van der Waals surface area contributed by atoms with E-state index in [1.165, 1.54) is 24.0 Å². The molecule has 0 bridgehead atoms. The predicted octanol–water partition coefficient (Wildman–Crippen LogP) is 3.29. The zero-order valence-electron chi connectivity index (χ0n) is 14.4. The van der Waals surface area contributed by atoms with Crippen molar-refractivity contribution in [3.63, 3.8) is 0 Å². The van der Waals surface area contributed by atoms with Crippen molar-refractivity contribution in [2.75, 3.05) is 18.0 Å². The Labute approximate surface area is 153 Å². The Kier molecular flexibility index (Phi) is 6.21. The van der Waals surface area contributed by atoms with Gasteiger partial charge < -0.3 is 4.90 Å². The Hall–Kier alpha value is -1.89. The number of sulfonamides is 1. The number of nitrogens with zero attached hydrogens (tertiary/aromatic N) is 1. The van der Waals surface area contributed by atoms with Gasteiger partial charge in [-0.3, -0.25) is 4.79 Å². The van der Waals surface area contributed by atoms with Crippen LogP contribution in [0.15, 0.2) is 47.4 Å². The zero-order valence-corrected chi connectivity index (χ0v) is 16.0. The van der Waals surface area contributed by atoms with Crippen molar-refractivity contribution in [3.05, 3.63) is 58.6 Å². The van der Waals surface area contributed by atoms with E-state index in [4.69, 9.17) is 11.6 Å². The minimum absolute atomic E-state index is 0.109. The highest BCUT2D eigenvalue weighted by Crippen LogP contribution is 2.19. The van der Waals surface area contributed by atoms with Gasteiger partial charge >= 0.3 is 0 Å². The second kappa shape index (κ2) is 7.99. The van der Waals surface area contributed by atoms with Crippen LogP contribution in [0.2, 0.25) is 5.02 Å². The number of rotatable bonds is 6. The molecule has 0 fully saturated rings. The molecule has 0 saturated heterocycles. The number of aryl methyl sites for hydroxylation is 2. The number of nitrogens with one attached hydrogen (secondary N) is 1. The van der Waals surface area contributed by atoms with Gasteiger partial charge in [-0.2, -0.15) is 0 Å². The first-order valence-corrected chi connectivity index (χ1v) is 9.67. The molecule has 2 rings (SSSR count). The van der Waals surface area contributed by atoms with Crippen LogP contribution in [0.5, 0.6) is 0 Å². The molecule has 134 valence electrons. The fraction of sp³-hybridized carbons (Fsp3) is 0.278. The van der Waals surface area contributed by atoms with E-state index >= 15 is 0 Å². The lowest BCUT2D eigenvalue weighted by molar-refractivity contribution is -0.116. The van der Waals surface area contributed by atoms with Crippen LogP contribution in [0.25, 0.3) is 0 Å². The first-order valence-electron chi connectivity index (χ1n) is 7.81. The molecule has 2 aromatic carbocycles. The van der Waals surface area contributed by atoms with Gasteiger partial charge in [-0.05, 0) is 49.7 Å². The number of hydrogen-bond donors (Lipinski definition) is 1. The smallest absolute Gasteiger partial charge is 0.240 e.